The van der Waals surface area contributed by atoms with E-state index in [9.17, 15) is 15.3 Å². The topological polar surface area (TPSA) is 63.9 Å². The molecule has 4 heteroatoms. The van der Waals surface area contributed by atoms with Gasteiger partial charge in [-0.3, -0.25) is 0 Å². The largest absolute Gasteiger partial charge is 0.392 e. The Morgan fingerprint density at radius 1 is 0.326 bits per heavy atom. The van der Waals surface area contributed by atoms with Crippen molar-refractivity contribution >= 4 is 17.1 Å². The molecule has 0 amide bonds. The third-order valence-electron chi connectivity index (χ3n) is 7.71. The summed E-state index contributed by atoms with van der Waals surface area (Å²) >= 11 is 0. The van der Waals surface area contributed by atoms with Gasteiger partial charge < -0.3 is 20.2 Å². The molecule has 0 aromatic heterocycles. The first-order chi connectivity index (χ1) is 21.1. The fourth-order valence-electron chi connectivity index (χ4n) is 5.40. The van der Waals surface area contributed by atoms with Gasteiger partial charge in [0.15, 0.2) is 0 Å². The van der Waals surface area contributed by atoms with Gasteiger partial charge in [-0.2, -0.15) is 0 Å². The maximum Gasteiger partial charge on any atom is 0.0682 e. The molecule has 0 bridgehead atoms. The first-order valence-corrected chi connectivity index (χ1v) is 14.4. The number of benzene rings is 6. The highest BCUT2D eigenvalue weighted by atomic mass is 16.3. The normalized spacial score (nSPS) is 11.0. The lowest BCUT2D eigenvalue weighted by Gasteiger charge is -2.26. The molecule has 0 heterocycles. The predicted octanol–water partition coefficient (Wildman–Crippen LogP) is 8.63. The van der Waals surface area contributed by atoms with E-state index in [4.69, 9.17) is 0 Å². The van der Waals surface area contributed by atoms with Crippen molar-refractivity contribution in [3.63, 3.8) is 0 Å². The Hall–Kier alpha value is -5.00. The lowest BCUT2D eigenvalue weighted by Crippen LogP contribution is -2.09. The Bertz CT molecular complexity index is 1590. The van der Waals surface area contributed by atoms with Gasteiger partial charge in [-0.15, -0.1) is 0 Å². The van der Waals surface area contributed by atoms with E-state index in [1.54, 1.807) is 0 Å². The highest BCUT2D eigenvalue weighted by Crippen LogP contribution is 2.38. The van der Waals surface area contributed by atoms with Crippen LogP contribution in [0, 0.1) is 0 Å². The van der Waals surface area contributed by atoms with Crippen molar-refractivity contribution in [1.82, 2.24) is 0 Å². The summed E-state index contributed by atoms with van der Waals surface area (Å²) in [5.41, 5.74) is 12.2. The molecule has 212 valence electrons. The number of aliphatic hydroxyl groups is 3. The van der Waals surface area contributed by atoms with Crippen LogP contribution in [0.5, 0.6) is 0 Å². The average molecular weight is 564 g/mol. The molecule has 4 nitrogen and oxygen atoms in total. The number of nitrogens with zero attached hydrogens (tertiary/aromatic N) is 1. The second-order valence-corrected chi connectivity index (χ2v) is 10.6. The molecule has 43 heavy (non-hydrogen) atoms. The van der Waals surface area contributed by atoms with Crippen molar-refractivity contribution in [3.05, 3.63) is 162 Å². The van der Waals surface area contributed by atoms with Crippen LogP contribution in [0.15, 0.2) is 146 Å². The molecular formula is C39H33NO3. The van der Waals surface area contributed by atoms with Crippen LogP contribution in [0.2, 0.25) is 0 Å². The quantitative estimate of drug-likeness (QED) is 0.165. The molecule has 0 fully saturated rings. The van der Waals surface area contributed by atoms with Crippen LogP contribution >= 0.6 is 0 Å². The molecule has 6 rings (SSSR count). The number of hydrogen-bond donors (Lipinski definition) is 3. The number of aliphatic hydroxyl groups excluding tert-OH is 3. The van der Waals surface area contributed by atoms with E-state index >= 15 is 0 Å². The minimum atomic E-state index is 0.0142. The van der Waals surface area contributed by atoms with Crippen molar-refractivity contribution in [1.29, 1.82) is 0 Å². The van der Waals surface area contributed by atoms with Gasteiger partial charge in [0, 0.05) is 17.1 Å². The van der Waals surface area contributed by atoms with Gasteiger partial charge in [0.05, 0.1) is 19.8 Å². The molecule has 6 aromatic carbocycles. The zero-order valence-corrected chi connectivity index (χ0v) is 23.8. The maximum absolute atomic E-state index is 9.59. The average Bonchev–Trinajstić information content (AvgIpc) is 3.09. The van der Waals surface area contributed by atoms with Gasteiger partial charge in [-0.1, -0.05) is 91.0 Å². The molecule has 0 saturated heterocycles. The predicted molar refractivity (Wildman–Crippen MR) is 175 cm³/mol. The van der Waals surface area contributed by atoms with Crippen LogP contribution in [-0.2, 0) is 19.8 Å². The Morgan fingerprint density at radius 3 is 0.860 bits per heavy atom. The molecule has 6 aromatic rings. The fraction of sp³-hybridized carbons (Fsp3) is 0.0769. The van der Waals surface area contributed by atoms with E-state index < -0.39 is 0 Å². The van der Waals surface area contributed by atoms with Gasteiger partial charge in [-0.05, 0) is 105 Å². The van der Waals surface area contributed by atoms with Gasteiger partial charge in [0.2, 0.25) is 0 Å². The van der Waals surface area contributed by atoms with E-state index in [2.05, 4.69) is 95.9 Å². The molecule has 0 unspecified atom stereocenters. The molecule has 0 aliphatic rings. The van der Waals surface area contributed by atoms with Gasteiger partial charge in [-0.25, -0.2) is 0 Å². The Kier molecular flexibility index (Phi) is 8.43. The van der Waals surface area contributed by atoms with Crippen LogP contribution < -0.4 is 4.90 Å². The van der Waals surface area contributed by atoms with Crippen molar-refractivity contribution in [2.45, 2.75) is 19.8 Å². The van der Waals surface area contributed by atoms with Crippen LogP contribution in [0.1, 0.15) is 16.7 Å². The zero-order chi connectivity index (χ0) is 29.6. The Balaban J connectivity index is 1.37. The van der Waals surface area contributed by atoms with Gasteiger partial charge >= 0.3 is 0 Å². The summed E-state index contributed by atoms with van der Waals surface area (Å²) in [7, 11) is 0. The fourth-order valence-corrected chi connectivity index (χ4v) is 5.40. The van der Waals surface area contributed by atoms with E-state index in [0.29, 0.717) is 0 Å². The molecule has 3 N–H and O–H groups in total. The summed E-state index contributed by atoms with van der Waals surface area (Å²) < 4.78 is 0. The number of anilines is 3. The van der Waals surface area contributed by atoms with Crippen LogP contribution in [0.4, 0.5) is 17.1 Å². The van der Waals surface area contributed by atoms with Crippen molar-refractivity contribution in [2.24, 2.45) is 0 Å². The van der Waals surface area contributed by atoms with E-state index in [1.165, 1.54) is 0 Å². The minimum absolute atomic E-state index is 0.0142. The molecule has 0 saturated carbocycles. The lowest BCUT2D eigenvalue weighted by atomic mass is 10.0. The highest BCUT2D eigenvalue weighted by molar-refractivity contribution is 5.81. The molecule has 0 aliphatic heterocycles. The van der Waals surface area contributed by atoms with Crippen molar-refractivity contribution in [2.75, 3.05) is 4.90 Å². The summed E-state index contributed by atoms with van der Waals surface area (Å²) in [5.74, 6) is 0. The van der Waals surface area contributed by atoms with E-state index in [-0.39, 0.29) is 19.8 Å². The summed E-state index contributed by atoms with van der Waals surface area (Å²) in [5, 5.41) is 28.8. The van der Waals surface area contributed by atoms with Crippen molar-refractivity contribution < 1.29 is 15.3 Å². The second-order valence-electron chi connectivity index (χ2n) is 10.6. The van der Waals surface area contributed by atoms with Gasteiger partial charge in [0.25, 0.3) is 0 Å². The number of hydrogen-bond acceptors (Lipinski definition) is 4. The van der Waals surface area contributed by atoms with E-state index in [1.807, 2.05) is 54.6 Å². The highest BCUT2D eigenvalue weighted by Gasteiger charge is 2.14. The van der Waals surface area contributed by atoms with Crippen LogP contribution in [0.3, 0.4) is 0 Å². The monoisotopic (exact) mass is 563 g/mol. The van der Waals surface area contributed by atoms with E-state index in [0.717, 1.165) is 67.1 Å². The third kappa shape index (κ3) is 6.27. The SMILES string of the molecule is OCc1cccc(-c2ccc(N(c3ccc(-c4cccc(CO)c4)cc3)c3ccc(-c4cccc(CO)c4)cc3)cc2)c1. The smallest absolute Gasteiger partial charge is 0.0682 e. The lowest BCUT2D eigenvalue weighted by molar-refractivity contribution is 0.281. The van der Waals surface area contributed by atoms with Crippen LogP contribution in [-0.4, -0.2) is 15.3 Å². The zero-order valence-electron chi connectivity index (χ0n) is 23.8. The molecular weight excluding hydrogens is 530 g/mol. The van der Waals surface area contributed by atoms with Gasteiger partial charge in [0.1, 0.15) is 0 Å². The number of rotatable bonds is 9. The third-order valence-corrected chi connectivity index (χ3v) is 7.71. The van der Waals surface area contributed by atoms with Crippen molar-refractivity contribution in [3.8, 4) is 33.4 Å². The minimum Gasteiger partial charge on any atom is -0.392 e. The molecule has 0 spiro atoms. The summed E-state index contributed by atoms with van der Waals surface area (Å²) in [6.07, 6.45) is 0. The first kappa shape index (κ1) is 28.1. The Labute approximate surface area is 252 Å². The Morgan fingerprint density at radius 2 is 0.605 bits per heavy atom. The maximum atomic E-state index is 9.59. The molecule has 0 radical (unpaired) electrons. The van der Waals surface area contributed by atoms with Crippen LogP contribution in [0.25, 0.3) is 33.4 Å². The molecule has 0 atom stereocenters. The summed E-state index contributed by atoms with van der Waals surface area (Å²) in [4.78, 5) is 2.23. The first-order valence-electron chi connectivity index (χ1n) is 14.4. The summed E-state index contributed by atoms with van der Waals surface area (Å²) in [6, 6.07) is 49.3. The standard InChI is InChI=1S/C39H33NO3/c41-25-28-4-1-7-34(22-28)31-10-16-37(17-11-31)40(38-18-12-32(13-19-38)35-8-2-5-29(23-35)26-42)39-20-14-33(15-21-39)36-9-3-6-30(24-36)27-43/h1-24,41-43H,25-27H2. The second kappa shape index (κ2) is 12.9. The molecule has 0 aliphatic carbocycles. The summed E-state index contributed by atoms with van der Waals surface area (Å²) in [6.45, 7) is 0.0425.